The summed E-state index contributed by atoms with van der Waals surface area (Å²) in [4.78, 5) is 0. The van der Waals surface area contributed by atoms with E-state index in [1.165, 1.54) is 91.9 Å². The van der Waals surface area contributed by atoms with Gasteiger partial charge in [-0.15, -0.1) is 0 Å². The fourth-order valence-electron chi connectivity index (χ4n) is 6.30. The number of nitrogens with one attached hydrogen (secondary N) is 1. The number of aryl methyl sites for hydroxylation is 1. The smallest absolute Gasteiger partial charge is 0.0483 e. The lowest BCUT2D eigenvalue weighted by Crippen LogP contribution is -2.32. The van der Waals surface area contributed by atoms with Crippen LogP contribution in [-0.4, -0.2) is 17.2 Å². The van der Waals surface area contributed by atoms with Crippen LogP contribution in [0.5, 0.6) is 0 Å². The first-order chi connectivity index (χ1) is 15.8. The van der Waals surface area contributed by atoms with Crippen LogP contribution in [0.15, 0.2) is 54.7 Å². The summed E-state index contributed by atoms with van der Waals surface area (Å²) in [6.45, 7) is 4.51. The fourth-order valence-corrected chi connectivity index (χ4v) is 6.30. The zero-order valence-corrected chi connectivity index (χ0v) is 19.9. The van der Waals surface area contributed by atoms with Gasteiger partial charge in [-0.3, -0.25) is 0 Å². The van der Waals surface area contributed by atoms with E-state index < -0.39 is 0 Å². The third kappa shape index (κ3) is 4.96. The molecule has 2 saturated carbocycles. The summed E-state index contributed by atoms with van der Waals surface area (Å²) in [6.07, 6.45) is 16.2. The van der Waals surface area contributed by atoms with E-state index in [1.54, 1.807) is 0 Å². The Labute approximate surface area is 194 Å². The highest BCUT2D eigenvalue weighted by molar-refractivity contribution is 5.85. The van der Waals surface area contributed by atoms with Crippen molar-refractivity contribution in [2.45, 2.75) is 89.6 Å². The SMILES string of the molecule is Cc1cccc(C(CCNC2CCCCC2)c2cn(CC3CCCC3)c3ccccc23)c1. The van der Waals surface area contributed by atoms with E-state index in [-0.39, 0.29) is 0 Å². The maximum atomic E-state index is 3.91. The molecule has 0 saturated heterocycles. The monoisotopic (exact) mass is 428 g/mol. The summed E-state index contributed by atoms with van der Waals surface area (Å²) in [5.41, 5.74) is 5.78. The van der Waals surface area contributed by atoms with Crippen LogP contribution in [-0.2, 0) is 6.54 Å². The summed E-state index contributed by atoms with van der Waals surface area (Å²) in [5, 5.41) is 5.37. The zero-order valence-electron chi connectivity index (χ0n) is 19.9. The van der Waals surface area contributed by atoms with Gasteiger partial charge in [0, 0.05) is 35.6 Å². The lowest BCUT2D eigenvalue weighted by atomic mass is 9.87. The average Bonchev–Trinajstić information content (AvgIpc) is 3.46. The molecule has 1 atom stereocenters. The van der Waals surface area contributed by atoms with Crippen LogP contribution >= 0.6 is 0 Å². The quantitative estimate of drug-likeness (QED) is 0.391. The highest BCUT2D eigenvalue weighted by Gasteiger charge is 2.23. The zero-order chi connectivity index (χ0) is 21.8. The van der Waals surface area contributed by atoms with Crippen LogP contribution in [0.3, 0.4) is 0 Å². The Morgan fingerprint density at radius 3 is 2.50 bits per heavy atom. The number of benzene rings is 2. The van der Waals surface area contributed by atoms with Crippen molar-refractivity contribution >= 4 is 10.9 Å². The van der Waals surface area contributed by atoms with Gasteiger partial charge in [0.2, 0.25) is 0 Å². The Balaban J connectivity index is 1.44. The van der Waals surface area contributed by atoms with E-state index in [4.69, 9.17) is 0 Å². The number of para-hydroxylation sites is 1. The molecule has 2 aliphatic carbocycles. The molecule has 1 aromatic heterocycles. The standard InChI is InChI=1S/C30H40N2/c1-23-10-9-13-25(20-23)27(18-19-31-26-14-3-2-4-15-26)29-22-32(21-24-11-5-6-12-24)30-17-8-7-16-28(29)30/h7-10,13,16-17,20,22,24,26-27,31H,2-6,11-12,14-15,18-19,21H2,1H3. The third-order valence-corrected chi connectivity index (χ3v) is 8.04. The number of aromatic nitrogens is 1. The Morgan fingerprint density at radius 1 is 0.906 bits per heavy atom. The molecule has 0 amide bonds. The Morgan fingerprint density at radius 2 is 1.69 bits per heavy atom. The van der Waals surface area contributed by atoms with Gasteiger partial charge in [-0.1, -0.05) is 80.1 Å². The van der Waals surface area contributed by atoms with E-state index in [2.05, 4.69) is 71.5 Å². The van der Waals surface area contributed by atoms with Gasteiger partial charge >= 0.3 is 0 Å². The van der Waals surface area contributed by atoms with Crippen molar-refractivity contribution in [1.29, 1.82) is 0 Å². The predicted molar refractivity (Wildman–Crippen MR) is 136 cm³/mol. The minimum atomic E-state index is 0.445. The molecule has 170 valence electrons. The molecule has 3 aromatic rings. The lowest BCUT2D eigenvalue weighted by molar-refractivity contribution is 0.370. The molecule has 2 fully saturated rings. The molecular formula is C30H40N2. The van der Waals surface area contributed by atoms with Gasteiger partial charge in [-0.05, 0) is 68.7 Å². The first-order valence-corrected chi connectivity index (χ1v) is 13.2. The van der Waals surface area contributed by atoms with Crippen LogP contribution in [0.1, 0.15) is 86.8 Å². The fraction of sp³-hybridized carbons (Fsp3) is 0.533. The first kappa shape index (κ1) is 21.8. The number of fused-ring (bicyclic) bond motifs is 1. The van der Waals surface area contributed by atoms with E-state index in [0.29, 0.717) is 5.92 Å². The molecule has 0 bridgehead atoms. The van der Waals surface area contributed by atoms with Crippen molar-refractivity contribution in [3.63, 3.8) is 0 Å². The highest BCUT2D eigenvalue weighted by Crippen LogP contribution is 2.36. The average molecular weight is 429 g/mol. The van der Waals surface area contributed by atoms with Crippen molar-refractivity contribution in [2.24, 2.45) is 5.92 Å². The van der Waals surface area contributed by atoms with Crippen LogP contribution in [0, 0.1) is 12.8 Å². The second-order valence-electron chi connectivity index (χ2n) is 10.4. The molecule has 2 nitrogen and oxygen atoms in total. The Kier molecular flexibility index (Phi) is 6.97. The summed E-state index contributed by atoms with van der Waals surface area (Å²) in [5.74, 6) is 1.30. The Hall–Kier alpha value is -2.06. The summed E-state index contributed by atoms with van der Waals surface area (Å²) >= 11 is 0. The molecule has 2 aromatic carbocycles. The molecule has 1 unspecified atom stereocenters. The van der Waals surface area contributed by atoms with Gasteiger partial charge in [-0.2, -0.15) is 0 Å². The molecule has 2 aliphatic rings. The van der Waals surface area contributed by atoms with Crippen LogP contribution < -0.4 is 5.32 Å². The van der Waals surface area contributed by atoms with Gasteiger partial charge in [0.25, 0.3) is 0 Å². The largest absolute Gasteiger partial charge is 0.347 e. The molecule has 1 N–H and O–H groups in total. The topological polar surface area (TPSA) is 17.0 Å². The Bertz CT molecular complexity index is 1000. The predicted octanol–water partition coefficient (Wildman–Crippen LogP) is 7.58. The molecule has 32 heavy (non-hydrogen) atoms. The van der Waals surface area contributed by atoms with Crippen molar-refractivity contribution < 1.29 is 0 Å². The summed E-state index contributed by atoms with van der Waals surface area (Å²) in [7, 11) is 0. The number of nitrogens with zero attached hydrogens (tertiary/aromatic N) is 1. The molecule has 5 rings (SSSR count). The van der Waals surface area contributed by atoms with Gasteiger partial charge in [-0.25, -0.2) is 0 Å². The molecule has 0 aliphatic heterocycles. The summed E-state index contributed by atoms with van der Waals surface area (Å²) in [6, 6.07) is 19.1. The molecule has 1 heterocycles. The second-order valence-corrected chi connectivity index (χ2v) is 10.4. The number of hydrogen-bond donors (Lipinski definition) is 1. The van der Waals surface area contributed by atoms with Gasteiger partial charge in [0.15, 0.2) is 0 Å². The molecule has 0 spiro atoms. The minimum absolute atomic E-state index is 0.445. The van der Waals surface area contributed by atoms with Crippen molar-refractivity contribution in [2.75, 3.05) is 6.54 Å². The van der Waals surface area contributed by atoms with Gasteiger partial charge in [0.05, 0.1) is 0 Å². The molecule has 2 heteroatoms. The lowest BCUT2D eigenvalue weighted by Gasteiger charge is -2.25. The van der Waals surface area contributed by atoms with E-state index >= 15 is 0 Å². The van der Waals surface area contributed by atoms with Crippen molar-refractivity contribution in [3.05, 3.63) is 71.4 Å². The van der Waals surface area contributed by atoms with E-state index in [9.17, 15) is 0 Å². The van der Waals surface area contributed by atoms with Crippen LogP contribution in [0.25, 0.3) is 10.9 Å². The summed E-state index contributed by atoms with van der Waals surface area (Å²) < 4.78 is 2.58. The normalized spacial score (nSPS) is 19.0. The van der Waals surface area contributed by atoms with E-state index in [1.807, 2.05) is 0 Å². The van der Waals surface area contributed by atoms with Gasteiger partial charge in [0.1, 0.15) is 0 Å². The van der Waals surface area contributed by atoms with Crippen LogP contribution in [0.4, 0.5) is 0 Å². The van der Waals surface area contributed by atoms with Gasteiger partial charge < -0.3 is 9.88 Å². The maximum absolute atomic E-state index is 3.91. The van der Waals surface area contributed by atoms with E-state index in [0.717, 1.165) is 24.9 Å². The molecule has 0 radical (unpaired) electrons. The molecular weight excluding hydrogens is 388 g/mol. The maximum Gasteiger partial charge on any atom is 0.0483 e. The highest BCUT2D eigenvalue weighted by atomic mass is 15.0. The van der Waals surface area contributed by atoms with Crippen LogP contribution in [0.2, 0.25) is 0 Å². The minimum Gasteiger partial charge on any atom is -0.347 e. The number of rotatable bonds is 8. The van der Waals surface area contributed by atoms with Crippen molar-refractivity contribution in [1.82, 2.24) is 9.88 Å². The van der Waals surface area contributed by atoms with Crippen molar-refractivity contribution in [3.8, 4) is 0 Å². The third-order valence-electron chi connectivity index (χ3n) is 8.04. The second kappa shape index (κ2) is 10.3. The number of hydrogen-bond acceptors (Lipinski definition) is 1. The first-order valence-electron chi connectivity index (χ1n) is 13.2.